The smallest absolute Gasteiger partial charge is 0.249 e. The number of sulfonamides is 1. The number of rotatable bonds is 7. The van der Waals surface area contributed by atoms with Crippen LogP contribution in [0.15, 0.2) is 56.9 Å². The summed E-state index contributed by atoms with van der Waals surface area (Å²) in [6.07, 6.45) is 0.896. The molecule has 0 radical (unpaired) electrons. The summed E-state index contributed by atoms with van der Waals surface area (Å²) >= 11 is 7.62. The summed E-state index contributed by atoms with van der Waals surface area (Å²) < 4.78 is 31.1. The van der Waals surface area contributed by atoms with Crippen molar-refractivity contribution in [2.24, 2.45) is 5.14 Å². The van der Waals surface area contributed by atoms with Crippen LogP contribution in [0.5, 0.6) is 0 Å². The van der Waals surface area contributed by atoms with E-state index in [-0.39, 0.29) is 4.90 Å². The molecule has 0 amide bonds. The highest BCUT2D eigenvalue weighted by atomic mass is 35.5. The second-order valence-corrected chi connectivity index (χ2v) is 9.42. The van der Waals surface area contributed by atoms with Crippen molar-refractivity contribution in [2.45, 2.75) is 35.7 Å². The van der Waals surface area contributed by atoms with Crippen molar-refractivity contribution in [3.05, 3.63) is 53.4 Å². The Kier molecular flexibility index (Phi) is 5.83. The van der Waals surface area contributed by atoms with Crippen molar-refractivity contribution in [1.29, 1.82) is 0 Å². The fourth-order valence-electron chi connectivity index (χ4n) is 3.00. The van der Waals surface area contributed by atoms with Gasteiger partial charge in [0.05, 0.1) is 32.3 Å². The largest absolute Gasteiger partial charge is 0.420 e. The first-order chi connectivity index (χ1) is 14.4. The molecule has 8 nitrogen and oxygen atoms in total. The molecule has 0 atom stereocenters. The summed E-state index contributed by atoms with van der Waals surface area (Å²) in [5.74, 6) is 1.21. The van der Waals surface area contributed by atoms with Crippen LogP contribution in [0.3, 0.4) is 0 Å². The van der Waals surface area contributed by atoms with Crippen LogP contribution in [0.2, 0.25) is 5.02 Å². The minimum atomic E-state index is -3.79. The van der Waals surface area contributed by atoms with Gasteiger partial charge in [-0.1, -0.05) is 42.4 Å². The summed E-state index contributed by atoms with van der Waals surface area (Å²) in [6.45, 7) is 2.80. The van der Waals surface area contributed by atoms with Crippen LogP contribution >= 0.6 is 23.4 Å². The minimum Gasteiger partial charge on any atom is -0.420 e. The molecule has 0 saturated heterocycles. The number of halogens is 1. The molecule has 0 saturated carbocycles. The summed E-state index contributed by atoms with van der Waals surface area (Å²) in [5.41, 5.74) is 2.09. The van der Waals surface area contributed by atoms with Crippen LogP contribution in [0.1, 0.15) is 19.2 Å². The average molecular weight is 464 g/mol. The maximum Gasteiger partial charge on any atom is 0.249 e. The fourth-order valence-corrected chi connectivity index (χ4v) is 4.62. The molecule has 2 heterocycles. The van der Waals surface area contributed by atoms with Gasteiger partial charge in [0.25, 0.3) is 0 Å². The zero-order valence-electron chi connectivity index (χ0n) is 15.9. The van der Waals surface area contributed by atoms with Crippen LogP contribution in [-0.4, -0.2) is 28.2 Å². The van der Waals surface area contributed by atoms with Gasteiger partial charge in [-0.15, -0.1) is 10.2 Å². The third-order valence-electron chi connectivity index (χ3n) is 4.36. The van der Waals surface area contributed by atoms with Crippen LogP contribution in [0.25, 0.3) is 22.5 Å². The molecule has 0 aliphatic carbocycles. The Morgan fingerprint density at radius 1 is 1.20 bits per heavy atom. The van der Waals surface area contributed by atoms with E-state index in [9.17, 15) is 8.42 Å². The van der Waals surface area contributed by atoms with Gasteiger partial charge in [-0.05, 0) is 36.8 Å². The molecular formula is C19H18ClN5O3S2. The summed E-state index contributed by atoms with van der Waals surface area (Å²) in [7, 11) is -3.79. The van der Waals surface area contributed by atoms with Gasteiger partial charge in [-0.2, -0.15) is 0 Å². The molecule has 4 rings (SSSR count). The molecule has 0 spiro atoms. The lowest BCUT2D eigenvalue weighted by Crippen LogP contribution is -2.11. The first-order valence-corrected chi connectivity index (χ1v) is 12.0. The monoisotopic (exact) mass is 463 g/mol. The Bertz CT molecular complexity index is 1320. The second-order valence-electron chi connectivity index (χ2n) is 6.51. The number of primary sulfonamides is 1. The third-order valence-corrected chi connectivity index (χ3v) is 6.56. The number of imidazole rings is 1. The summed E-state index contributed by atoms with van der Waals surface area (Å²) in [4.78, 5) is 4.63. The van der Waals surface area contributed by atoms with E-state index in [0.29, 0.717) is 33.6 Å². The van der Waals surface area contributed by atoms with Gasteiger partial charge in [0.1, 0.15) is 0 Å². The van der Waals surface area contributed by atoms with E-state index < -0.39 is 10.0 Å². The van der Waals surface area contributed by atoms with E-state index in [1.807, 2.05) is 22.8 Å². The molecular weight excluding hydrogens is 446 g/mol. The molecule has 156 valence electrons. The van der Waals surface area contributed by atoms with Crippen molar-refractivity contribution in [3.8, 4) is 11.5 Å². The first kappa shape index (κ1) is 20.9. The highest BCUT2D eigenvalue weighted by molar-refractivity contribution is 7.98. The van der Waals surface area contributed by atoms with E-state index in [2.05, 4.69) is 22.1 Å². The predicted octanol–water partition coefficient (Wildman–Crippen LogP) is 4.09. The molecule has 2 aromatic heterocycles. The number of aromatic nitrogens is 4. The minimum absolute atomic E-state index is 0.0361. The second kappa shape index (κ2) is 8.38. The van der Waals surface area contributed by atoms with E-state index >= 15 is 0 Å². The lowest BCUT2D eigenvalue weighted by molar-refractivity contribution is 0.528. The van der Waals surface area contributed by atoms with Crippen molar-refractivity contribution >= 4 is 44.4 Å². The van der Waals surface area contributed by atoms with E-state index in [4.69, 9.17) is 21.2 Å². The molecule has 2 N–H and O–H groups in total. The number of benzene rings is 2. The van der Waals surface area contributed by atoms with E-state index in [0.717, 1.165) is 23.6 Å². The molecule has 4 aromatic rings. The van der Waals surface area contributed by atoms with Crippen LogP contribution in [0, 0.1) is 0 Å². The Labute approximate surface area is 182 Å². The van der Waals surface area contributed by atoms with Gasteiger partial charge < -0.3 is 8.98 Å². The standard InChI is InChI=1S/C19H18ClN5O3S2/c1-2-9-25-16-8-7-12(30(21,26)27)10-15(16)22-19(25)29-11-17-23-24-18(28-17)13-5-3-4-6-14(13)20/h3-8,10H,2,9,11H2,1H3,(H2,21,26,27). The molecule has 0 aliphatic heterocycles. The van der Waals surface area contributed by atoms with Gasteiger partial charge in [0.15, 0.2) is 5.16 Å². The highest BCUT2D eigenvalue weighted by Gasteiger charge is 2.17. The van der Waals surface area contributed by atoms with Gasteiger partial charge in [0.2, 0.25) is 21.8 Å². The quantitative estimate of drug-likeness (QED) is 0.410. The van der Waals surface area contributed by atoms with Crippen LogP contribution < -0.4 is 5.14 Å². The maximum atomic E-state index is 11.6. The highest BCUT2D eigenvalue weighted by Crippen LogP contribution is 2.30. The zero-order chi connectivity index (χ0) is 21.3. The van der Waals surface area contributed by atoms with Gasteiger partial charge >= 0.3 is 0 Å². The Morgan fingerprint density at radius 2 is 2.00 bits per heavy atom. The molecule has 0 unspecified atom stereocenters. The lowest BCUT2D eigenvalue weighted by Gasteiger charge is -2.06. The van der Waals surface area contributed by atoms with Gasteiger partial charge in [0, 0.05) is 6.54 Å². The SMILES string of the molecule is CCCn1c(SCc2nnc(-c3ccccc3Cl)o2)nc2cc(S(N)(=O)=O)ccc21. The topological polar surface area (TPSA) is 117 Å². The van der Waals surface area contributed by atoms with Crippen molar-refractivity contribution in [2.75, 3.05) is 0 Å². The predicted molar refractivity (Wildman–Crippen MR) is 116 cm³/mol. The Hall–Kier alpha value is -2.40. The number of aryl methyl sites for hydroxylation is 1. The maximum absolute atomic E-state index is 11.6. The number of nitrogens with zero attached hydrogens (tertiary/aromatic N) is 4. The lowest BCUT2D eigenvalue weighted by atomic mass is 10.2. The zero-order valence-corrected chi connectivity index (χ0v) is 18.3. The summed E-state index contributed by atoms with van der Waals surface area (Å²) in [5, 5.41) is 14.7. The van der Waals surface area contributed by atoms with Crippen LogP contribution in [-0.2, 0) is 22.3 Å². The van der Waals surface area contributed by atoms with E-state index in [1.54, 1.807) is 12.1 Å². The average Bonchev–Trinajstić information content (AvgIpc) is 3.31. The van der Waals surface area contributed by atoms with Gasteiger partial charge in [-0.3, -0.25) is 0 Å². The number of hydrogen-bond donors (Lipinski definition) is 1. The van der Waals surface area contributed by atoms with Crippen molar-refractivity contribution in [3.63, 3.8) is 0 Å². The van der Waals surface area contributed by atoms with Crippen molar-refractivity contribution < 1.29 is 12.8 Å². The molecule has 0 fully saturated rings. The normalized spacial score (nSPS) is 12.0. The van der Waals surface area contributed by atoms with Crippen LogP contribution in [0.4, 0.5) is 0 Å². The first-order valence-electron chi connectivity index (χ1n) is 9.10. The Balaban J connectivity index is 1.61. The Morgan fingerprint density at radius 3 is 2.73 bits per heavy atom. The molecule has 0 bridgehead atoms. The fraction of sp³-hybridized carbons (Fsp3) is 0.211. The molecule has 2 aromatic carbocycles. The van der Waals surface area contributed by atoms with Crippen molar-refractivity contribution in [1.82, 2.24) is 19.7 Å². The number of fused-ring (bicyclic) bond motifs is 1. The third kappa shape index (κ3) is 4.22. The van der Waals surface area contributed by atoms with Gasteiger partial charge in [-0.25, -0.2) is 18.5 Å². The molecule has 11 heteroatoms. The van der Waals surface area contributed by atoms with E-state index in [1.165, 1.54) is 23.9 Å². The molecule has 0 aliphatic rings. The number of hydrogen-bond acceptors (Lipinski definition) is 7. The summed E-state index contributed by atoms with van der Waals surface area (Å²) in [6, 6.07) is 12.0. The molecule has 30 heavy (non-hydrogen) atoms. The number of nitrogens with two attached hydrogens (primary N) is 1. The number of thioether (sulfide) groups is 1.